The molecule has 0 unspecified atom stereocenters. The number of methoxy groups -OCH3 is 2. The van der Waals surface area contributed by atoms with Gasteiger partial charge < -0.3 is 26.3 Å². The smallest absolute Gasteiger partial charge is 0.218 e. The molecule has 0 spiro atoms. The third-order valence-corrected chi connectivity index (χ3v) is 4.57. The van der Waals surface area contributed by atoms with E-state index in [0.717, 1.165) is 36.0 Å². The topological polar surface area (TPSA) is 107 Å². The van der Waals surface area contributed by atoms with Crippen molar-refractivity contribution in [2.24, 2.45) is 27.4 Å². The maximum absolute atomic E-state index is 5.86. The number of nitrogens with zero attached hydrogens (tertiary/aromatic N) is 2. The first kappa shape index (κ1) is 28.0. The number of anilines is 1. The first-order chi connectivity index (χ1) is 14.9. The average Bonchev–Trinajstić information content (AvgIpc) is 2.77. The van der Waals surface area contributed by atoms with Gasteiger partial charge in [0, 0.05) is 5.69 Å². The molecule has 1 fully saturated rings. The highest BCUT2D eigenvalue weighted by molar-refractivity contribution is 6.00. The molecule has 1 aromatic carbocycles. The molecule has 5 N–H and O–H groups in total. The SMILES string of the molecule is C=C/C=C(\C)OC.CC.COc1ccc(N/C(N)=N/C(N)=NC2CCC(C)CC2)cc1. The summed E-state index contributed by atoms with van der Waals surface area (Å²) < 4.78 is 9.88. The van der Waals surface area contributed by atoms with Crippen LogP contribution in [0, 0.1) is 5.92 Å². The van der Waals surface area contributed by atoms with Crippen molar-refractivity contribution < 1.29 is 9.47 Å². The molecular formula is C24H41N5O2. The Morgan fingerprint density at radius 2 is 1.68 bits per heavy atom. The van der Waals surface area contributed by atoms with Gasteiger partial charge in [-0.2, -0.15) is 4.99 Å². The Morgan fingerprint density at radius 3 is 2.13 bits per heavy atom. The fourth-order valence-corrected chi connectivity index (χ4v) is 2.80. The quantitative estimate of drug-likeness (QED) is 0.261. The van der Waals surface area contributed by atoms with E-state index in [1.165, 1.54) is 12.8 Å². The highest BCUT2D eigenvalue weighted by Gasteiger charge is 2.17. The Labute approximate surface area is 188 Å². The van der Waals surface area contributed by atoms with Crippen LogP contribution in [0.4, 0.5) is 5.69 Å². The molecule has 0 saturated heterocycles. The van der Waals surface area contributed by atoms with Crippen LogP contribution in [0.25, 0.3) is 0 Å². The fraction of sp³-hybridized carbons (Fsp3) is 0.500. The second-order valence-electron chi connectivity index (χ2n) is 6.97. The molecule has 0 aliphatic heterocycles. The number of ether oxygens (including phenoxy) is 2. The number of hydrogen-bond donors (Lipinski definition) is 3. The summed E-state index contributed by atoms with van der Waals surface area (Å²) >= 11 is 0. The van der Waals surface area contributed by atoms with Crippen LogP contribution < -0.4 is 21.5 Å². The van der Waals surface area contributed by atoms with E-state index in [2.05, 4.69) is 28.8 Å². The molecular weight excluding hydrogens is 390 g/mol. The monoisotopic (exact) mass is 431 g/mol. The van der Waals surface area contributed by atoms with Gasteiger partial charge in [-0.05, 0) is 68.9 Å². The van der Waals surface area contributed by atoms with Gasteiger partial charge in [0.05, 0.1) is 26.0 Å². The van der Waals surface area contributed by atoms with Gasteiger partial charge in [-0.25, -0.2) is 4.99 Å². The predicted molar refractivity (Wildman–Crippen MR) is 134 cm³/mol. The molecule has 7 heteroatoms. The lowest BCUT2D eigenvalue weighted by Crippen LogP contribution is -2.27. The Hall–Kier alpha value is -2.96. The van der Waals surface area contributed by atoms with Crippen LogP contribution in [0.1, 0.15) is 53.4 Å². The molecule has 7 nitrogen and oxygen atoms in total. The zero-order valence-electron chi connectivity index (χ0n) is 20.0. The van der Waals surface area contributed by atoms with E-state index >= 15 is 0 Å². The number of hydrogen-bond acceptors (Lipinski definition) is 3. The third-order valence-electron chi connectivity index (χ3n) is 4.57. The number of guanidine groups is 2. The van der Waals surface area contributed by atoms with Crippen molar-refractivity contribution in [3.8, 4) is 5.75 Å². The van der Waals surface area contributed by atoms with Gasteiger partial charge in [-0.3, -0.25) is 0 Å². The van der Waals surface area contributed by atoms with Crippen LogP contribution >= 0.6 is 0 Å². The highest BCUT2D eigenvalue weighted by Crippen LogP contribution is 2.25. The van der Waals surface area contributed by atoms with E-state index in [9.17, 15) is 0 Å². The van der Waals surface area contributed by atoms with Crippen LogP contribution in [-0.4, -0.2) is 32.2 Å². The molecule has 1 saturated carbocycles. The zero-order chi connectivity index (χ0) is 23.6. The van der Waals surface area contributed by atoms with Crippen molar-refractivity contribution in [3.63, 3.8) is 0 Å². The van der Waals surface area contributed by atoms with Crippen LogP contribution in [0.15, 0.2) is 58.7 Å². The van der Waals surface area contributed by atoms with Crippen LogP contribution in [-0.2, 0) is 4.74 Å². The minimum absolute atomic E-state index is 0.232. The summed E-state index contributed by atoms with van der Waals surface area (Å²) in [5, 5.41) is 2.98. The van der Waals surface area contributed by atoms with Crippen LogP contribution in [0.2, 0.25) is 0 Å². The summed E-state index contributed by atoms with van der Waals surface area (Å²) in [6, 6.07) is 7.68. The molecule has 174 valence electrons. The van der Waals surface area contributed by atoms with Crippen LogP contribution in [0.3, 0.4) is 0 Å². The summed E-state index contributed by atoms with van der Waals surface area (Å²) in [6.45, 7) is 11.6. The minimum atomic E-state index is 0.232. The number of benzene rings is 1. The molecule has 0 atom stereocenters. The maximum atomic E-state index is 5.86. The van der Waals surface area contributed by atoms with Crippen molar-refractivity contribution in [1.82, 2.24) is 0 Å². The van der Waals surface area contributed by atoms with E-state index in [1.807, 2.05) is 45.0 Å². The largest absolute Gasteiger partial charge is 0.501 e. The Morgan fingerprint density at radius 1 is 1.10 bits per heavy atom. The lowest BCUT2D eigenvalue weighted by Gasteiger charge is -2.23. The van der Waals surface area contributed by atoms with Crippen molar-refractivity contribution in [2.45, 2.75) is 59.4 Å². The lowest BCUT2D eigenvalue weighted by molar-refractivity contribution is 0.294. The lowest BCUT2D eigenvalue weighted by atomic mass is 9.88. The van der Waals surface area contributed by atoms with E-state index < -0.39 is 0 Å². The molecule has 0 aromatic heterocycles. The van der Waals surface area contributed by atoms with E-state index in [4.69, 9.17) is 20.9 Å². The second-order valence-corrected chi connectivity index (χ2v) is 6.97. The molecule has 1 aliphatic rings. The van der Waals surface area contributed by atoms with Gasteiger partial charge in [-0.1, -0.05) is 33.4 Å². The Kier molecular flexibility index (Phi) is 15.2. The van der Waals surface area contributed by atoms with Gasteiger partial charge in [0.1, 0.15) is 5.75 Å². The molecule has 0 bridgehead atoms. The number of nitrogens with two attached hydrogens (primary N) is 2. The summed E-state index contributed by atoms with van der Waals surface area (Å²) in [5.41, 5.74) is 12.5. The zero-order valence-corrected chi connectivity index (χ0v) is 20.0. The average molecular weight is 432 g/mol. The minimum Gasteiger partial charge on any atom is -0.501 e. The summed E-state index contributed by atoms with van der Waals surface area (Å²) in [6.07, 6.45) is 8.04. The first-order valence-corrected chi connectivity index (χ1v) is 10.8. The molecule has 1 aromatic rings. The molecule has 2 rings (SSSR count). The van der Waals surface area contributed by atoms with Gasteiger partial charge in [-0.15, -0.1) is 0 Å². The molecule has 0 amide bonds. The van der Waals surface area contributed by atoms with Crippen LogP contribution in [0.5, 0.6) is 5.75 Å². The molecule has 31 heavy (non-hydrogen) atoms. The predicted octanol–water partition coefficient (Wildman–Crippen LogP) is 5.06. The number of nitrogens with one attached hydrogen (secondary N) is 1. The van der Waals surface area contributed by atoms with Gasteiger partial charge in [0.25, 0.3) is 0 Å². The molecule has 1 aliphatic carbocycles. The van der Waals surface area contributed by atoms with Crippen molar-refractivity contribution in [1.29, 1.82) is 0 Å². The van der Waals surface area contributed by atoms with Crippen molar-refractivity contribution in [2.75, 3.05) is 19.5 Å². The molecule has 0 heterocycles. The summed E-state index contributed by atoms with van der Waals surface area (Å²) in [4.78, 5) is 8.55. The fourth-order valence-electron chi connectivity index (χ4n) is 2.80. The first-order valence-electron chi connectivity index (χ1n) is 10.8. The molecule has 0 radical (unpaired) electrons. The highest BCUT2D eigenvalue weighted by atomic mass is 16.5. The van der Waals surface area contributed by atoms with E-state index in [-0.39, 0.29) is 18.0 Å². The number of allylic oxidation sites excluding steroid dienone is 3. The van der Waals surface area contributed by atoms with E-state index in [0.29, 0.717) is 0 Å². The summed E-state index contributed by atoms with van der Waals surface area (Å²) in [7, 11) is 3.26. The third kappa shape index (κ3) is 13.1. The van der Waals surface area contributed by atoms with Gasteiger partial charge >= 0.3 is 0 Å². The Bertz CT molecular complexity index is 703. The number of rotatable bonds is 5. The van der Waals surface area contributed by atoms with Crippen molar-refractivity contribution in [3.05, 3.63) is 48.8 Å². The van der Waals surface area contributed by atoms with Gasteiger partial charge in [0.15, 0.2) is 0 Å². The standard InChI is InChI=1S/C16H25N5O.C6H10O.C2H6/c1-11-3-5-12(6-4-11)19-15(17)21-16(18)20-13-7-9-14(22-2)10-8-13;1-4-5-6(2)7-3;1-2/h7-12H,3-6H2,1-2H3,(H5,17,18,19,20,21);4-5H,1H2,2-3H3;1-2H3/b;6-5+;. The Balaban J connectivity index is 0.000000852. The summed E-state index contributed by atoms with van der Waals surface area (Å²) in [5.74, 6) is 2.93. The van der Waals surface area contributed by atoms with Gasteiger partial charge in [0.2, 0.25) is 11.9 Å². The normalized spacial score (nSPS) is 19.1. The van der Waals surface area contributed by atoms with Crippen molar-refractivity contribution >= 4 is 17.6 Å². The maximum Gasteiger partial charge on any atom is 0.218 e. The van der Waals surface area contributed by atoms with E-state index in [1.54, 1.807) is 26.4 Å². The number of aliphatic imine (C=N–C) groups is 2. The second kappa shape index (κ2) is 16.8.